The van der Waals surface area contributed by atoms with Crippen LogP contribution in [-0.4, -0.2) is 41.1 Å². The number of carbonyl (C=O) groups excluding carboxylic acids is 1. The Bertz CT molecular complexity index is 972. The standard InChI is InChI=1S/C21H21F3N4O/c1-28(13-21(29)25-19-9-8-16(23)11-18(19)24)10-2-3-17-12-20(27-26-17)14-4-6-15(22)7-5-14/h4-9,11-12H,2-3,10,13H2,1H3,(H,25,29)(H,26,27). The summed E-state index contributed by atoms with van der Waals surface area (Å²) in [6.07, 6.45) is 1.51. The van der Waals surface area contributed by atoms with Crippen LogP contribution in [0.1, 0.15) is 12.1 Å². The lowest BCUT2D eigenvalue weighted by atomic mass is 10.1. The molecule has 5 nitrogen and oxygen atoms in total. The van der Waals surface area contributed by atoms with Crippen molar-refractivity contribution in [2.24, 2.45) is 0 Å². The van der Waals surface area contributed by atoms with Crippen molar-refractivity contribution >= 4 is 11.6 Å². The summed E-state index contributed by atoms with van der Waals surface area (Å²) in [6.45, 7) is 0.727. The number of aromatic nitrogens is 2. The van der Waals surface area contributed by atoms with Crippen LogP contribution >= 0.6 is 0 Å². The van der Waals surface area contributed by atoms with E-state index in [0.717, 1.165) is 41.9 Å². The van der Waals surface area contributed by atoms with Crippen LogP contribution in [0.5, 0.6) is 0 Å². The van der Waals surface area contributed by atoms with Gasteiger partial charge in [0.2, 0.25) is 5.91 Å². The molecule has 8 heteroatoms. The molecule has 0 spiro atoms. The van der Waals surface area contributed by atoms with Crippen LogP contribution in [0.15, 0.2) is 48.5 Å². The summed E-state index contributed by atoms with van der Waals surface area (Å²) in [5, 5.41) is 9.64. The Labute approximate surface area is 166 Å². The van der Waals surface area contributed by atoms with Crippen LogP contribution in [0, 0.1) is 17.5 Å². The number of likely N-dealkylation sites (N-methyl/N-ethyl adjacent to an activating group) is 1. The van der Waals surface area contributed by atoms with Crippen molar-refractivity contribution in [3.05, 3.63) is 71.7 Å². The number of aryl methyl sites for hydroxylation is 1. The van der Waals surface area contributed by atoms with E-state index in [2.05, 4.69) is 15.5 Å². The van der Waals surface area contributed by atoms with E-state index in [0.29, 0.717) is 6.54 Å². The maximum atomic E-state index is 13.6. The van der Waals surface area contributed by atoms with Gasteiger partial charge in [-0.25, -0.2) is 13.2 Å². The fourth-order valence-corrected chi connectivity index (χ4v) is 2.90. The van der Waals surface area contributed by atoms with Crippen molar-refractivity contribution in [1.82, 2.24) is 15.1 Å². The van der Waals surface area contributed by atoms with E-state index in [4.69, 9.17) is 0 Å². The first-order chi connectivity index (χ1) is 13.9. The Morgan fingerprint density at radius 1 is 1.07 bits per heavy atom. The van der Waals surface area contributed by atoms with Gasteiger partial charge in [-0.15, -0.1) is 0 Å². The quantitative estimate of drug-likeness (QED) is 0.599. The van der Waals surface area contributed by atoms with Gasteiger partial charge in [0, 0.05) is 17.3 Å². The molecule has 0 saturated carbocycles. The summed E-state index contributed by atoms with van der Waals surface area (Å²) in [4.78, 5) is 13.8. The molecule has 1 heterocycles. The van der Waals surface area contributed by atoms with Crippen molar-refractivity contribution in [3.63, 3.8) is 0 Å². The number of nitrogens with one attached hydrogen (secondary N) is 2. The Balaban J connectivity index is 1.43. The molecule has 29 heavy (non-hydrogen) atoms. The predicted molar refractivity (Wildman–Crippen MR) is 105 cm³/mol. The average Bonchev–Trinajstić information content (AvgIpc) is 3.13. The Morgan fingerprint density at radius 3 is 2.52 bits per heavy atom. The normalized spacial score (nSPS) is 11.1. The second-order valence-corrected chi connectivity index (χ2v) is 6.80. The highest BCUT2D eigenvalue weighted by Gasteiger charge is 2.11. The van der Waals surface area contributed by atoms with Crippen LogP contribution in [0.3, 0.4) is 0 Å². The van der Waals surface area contributed by atoms with Crippen molar-refractivity contribution in [2.45, 2.75) is 12.8 Å². The monoisotopic (exact) mass is 402 g/mol. The molecule has 3 rings (SSSR count). The molecule has 3 aromatic rings. The minimum absolute atomic E-state index is 0.0458. The number of carbonyl (C=O) groups is 1. The Kier molecular flexibility index (Phi) is 6.66. The summed E-state index contributed by atoms with van der Waals surface area (Å²) in [5.41, 5.74) is 2.47. The third-order valence-corrected chi connectivity index (χ3v) is 4.38. The number of nitrogens with zero attached hydrogens (tertiary/aromatic N) is 2. The van der Waals surface area contributed by atoms with E-state index in [1.807, 2.05) is 11.0 Å². The average molecular weight is 402 g/mol. The fourth-order valence-electron chi connectivity index (χ4n) is 2.90. The molecular weight excluding hydrogens is 381 g/mol. The second-order valence-electron chi connectivity index (χ2n) is 6.80. The molecule has 0 saturated heterocycles. The number of anilines is 1. The minimum Gasteiger partial charge on any atom is -0.322 e. The molecule has 0 aliphatic rings. The van der Waals surface area contributed by atoms with Crippen LogP contribution in [-0.2, 0) is 11.2 Å². The van der Waals surface area contributed by atoms with Gasteiger partial charge in [-0.2, -0.15) is 5.10 Å². The number of halogens is 3. The largest absolute Gasteiger partial charge is 0.322 e. The number of hydrogen-bond donors (Lipinski definition) is 2. The van der Waals surface area contributed by atoms with Gasteiger partial charge >= 0.3 is 0 Å². The lowest BCUT2D eigenvalue weighted by Gasteiger charge is -2.16. The van der Waals surface area contributed by atoms with Gasteiger partial charge < -0.3 is 5.32 Å². The van der Waals surface area contributed by atoms with Crippen LogP contribution in [0.2, 0.25) is 0 Å². The van der Waals surface area contributed by atoms with E-state index in [1.54, 1.807) is 19.2 Å². The van der Waals surface area contributed by atoms with Crippen LogP contribution < -0.4 is 5.32 Å². The molecule has 0 atom stereocenters. The van der Waals surface area contributed by atoms with E-state index in [-0.39, 0.29) is 24.0 Å². The van der Waals surface area contributed by atoms with Gasteiger partial charge in [0.15, 0.2) is 0 Å². The van der Waals surface area contributed by atoms with Gasteiger partial charge in [0.25, 0.3) is 0 Å². The summed E-state index contributed by atoms with van der Waals surface area (Å²) < 4.78 is 39.5. The van der Waals surface area contributed by atoms with Crippen molar-refractivity contribution < 1.29 is 18.0 Å². The third-order valence-electron chi connectivity index (χ3n) is 4.38. The van der Waals surface area contributed by atoms with E-state index in [1.165, 1.54) is 18.2 Å². The third kappa shape index (κ3) is 5.92. The van der Waals surface area contributed by atoms with Crippen LogP contribution in [0.4, 0.5) is 18.9 Å². The highest BCUT2D eigenvalue weighted by molar-refractivity contribution is 5.92. The second kappa shape index (κ2) is 9.38. The molecule has 0 unspecified atom stereocenters. The van der Waals surface area contributed by atoms with Gasteiger partial charge in [0.05, 0.1) is 17.9 Å². The maximum Gasteiger partial charge on any atom is 0.238 e. The number of rotatable bonds is 8. The van der Waals surface area contributed by atoms with Gasteiger partial charge in [-0.05, 0) is 68.9 Å². The first-order valence-corrected chi connectivity index (χ1v) is 9.14. The molecule has 1 amide bonds. The summed E-state index contributed by atoms with van der Waals surface area (Å²) >= 11 is 0. The van der Waals surface area contributed by atoms with Crippen molar-refractivity contribution in [2.75, 3.05) is 25.5 Å². The first-order valence-electron chi connectivity index (χ1n) is 9.14. The van der Waals surface area contributed by atoms with Crippen molar-refractivity contribution in [3.8, 4) is 11.3 Å². The zero-order valence-corrected chi connectivity index (χ0v) is 15.9. The molecular formula is C21H21F3N4O. The summed E-state index contributed by atoms with van der Waals surface area (Å²) in [7, 11) is 1.79. The number of H-pyrrole nitrogens is 1. The van der Waals surface area contributed by atoms with E-state index in [9.17, 15) is 18.0 Å². The number of aromatic amines is 1. The number of hydrogen-bond acceptors (Lipinski definition) is 3. The minimum atomic E-state index is -0.808. The predicted octanol–water partition coefficient (Wildman–Crippen LogP) is 4.00. The topological polar surface area (TPSA) is 61.0 Å². The maximum absolute atomic E-state index is 13.6. The number of benzene rings is 2. The highest BCUT2D eigenvalue weighted by Crippen LogP contribution is 2.18. The Morgan fingerprint density at radius 2 is 1.79 bits per heavy atom. The Hall–Kier alpha value is -3.13. The fraction of sp³-hybridized carbons (Fsp3) is 0.238. The lowest BCUT2D eigenvalue weighted by molar-refractivity contribution is -0.117. The van der Waals surface area contributed by atoms with Gasteiger partial charge in [-0.1, -0.05) is 0 Å². The number of amides is 1. The van der Waals surface area contributed by atoms with E-state index >= 15 is 0 Å². The van der Waals surface area contributed by atoms with Gasteiger partial charge in [-0.3, -0.25) is 14.8 Å². The molecule has 0 aliphatic heterocycles. The summed E-state index contributed by atoms with van der Waals surface area (Å²) in [6, 6.07) is 11.0. The summed E-state index contributed by atoms with van der Waals surface area (Å²) in [5.74, 6) is -2.17. The SMILES string of the molecule is CN(CCCc1cc(-c2ccc(F)cc2)n[nH]1)CC(=O)Nc1ccc(F)cc1F. The zero-order chi connectivity index (χ0) is 20.8. The molecule has 0 aliphatic carbocycles. The molecule has 2 N–H and O–H groups in total. The molecule has 0 radical (unpaired) electrons. The molecule has 2 aromatic carbocycles. The molecule has 0 fully saturated rings. The molecule has 0 bridgehead atoms. The first kappa shape index (κ1) is 20.6. The zero-order valence-electron chi connectivity index (χ0n) is 15.9. The van der Waals surface area contributed by atoms with Gasteiger partial charge in [0.1, 0.15) is 17.5 Å². The van der Waals surface area contributed by atoms with Crippen LogP contribution in [0.25, 0.3) is 11.3 Å². The highest BCUT2D eigenvalue weighted by atomic mass is 19.1. The molecule has 1 aromatic heterocycles. The molecule has 152 valence electrons. The van der Waals surface area contributed by atoms with Crippen molar-refractivity contribution in [1.29, 1.82) is 0 Å². The smallest absolute Gasteiger partial charge is 0.238 e. The van der Waals surface area contributed by atoms with E-state index < -0.39 is 11.6 Å². The lowest BCUT2D eigenvalue weighted by Crippen LogP contribution is -2.31.